The normalized spacial score (nSPS) is 12.8. The van der Waals surface area contributed by atoms with Crippen molar-refractivity contribution in [1.29, 1.82) is 0 Å². The Kier molecular flexibility index (Phi) is 3.71. The fraction of sp³-hybridized carbons (Fsp3) is 0.188. The first kappa shape index (κ1) is 11.6. The summed E-state index contributed by atoms with van der Waals surface area (Å²) in [6.45, 7) is 4.26. The molecule has 1 heteroatoms. The van der Waals surface area contributed by atoms with Gasteiger partial charge in [0.1, 0.15) is 0 Å². The van der Waals surface area contributed by atoms with Gasteiger partial charge in [-0.25, -0.2) is 0 Å². The highest BCUT2D eigenvalue weighted by Gasteiger charge is 2.00. The minimum Gasteiger partial charge on any atom is -0.261 e. The lowest BCUT2D eigenvalue weighted by Crippen LogP contribution is -1.91. The monoisotopic (exact) mass is 223 g/mol. The highest BCUT2D eigenvalue weighted by molar-refractivity contribution is 5.50. The maximum atomic E-state index is 4.35. The molecule has 0 aliphatic rings. The summed E-state index contributed by atoms with van der Waals surface area (Å²) in [5.41, 5.74) is 3.63. The van der Waals surface area contributed by atoms with Gasteiger partial charge >= 0.3 is 0 Å². The van der Waals surface area contributed by atoms with Crippen LogP contribution in [0.4, 0.5) is 0 Å². The molecule has 0 amide bonds. The molecule has 86 valence electrons. The minimum absolute atomic E-state index is 0.345. The quantitative estimate of drug-likeness (QED) is 0.759. The van der Waals surface area contributed by atoms with Gasteiger partial charge in [-0.2, -0.15) is 0 Å². The summed E-state index contributed by atoms with van der Waals surface area (Å²) in [6.07, 6.45) is 6.18. The van der Waals surface area contributed by atoms with Crippen LogP contribution in [0.1, 0.15) is 29.7 Å². The number of aryl methyl sites for hydroxylation is 1. The molecule has 0 radical (unpaired) electrons. The van der Waals surface area contributed by atoms with Gasteiger partial charge in [-0.3, -0.25) is 4.98 Å². The van der Waals surface area contributed by atoms with E-state index in [1.807, 2.05) is 18.3 Å². The summed E-state index contributed by atoms with van der Waals surface area (Å²) in [5.74, 6) is 0.345. The molecule has 0 fully saturated rings. The van der Waals surface area contributed by atoms with Gasteiger partial charge in [0.25, 0.3) is 0 Å². The molecular weight excluding hydrogens is 206 g/mol. The van der Waals surface area contributed by atoms with E-state index in [0.29, 0.717) is 5.92 Å². The first-order valence-corrected chi connectivity index (χ1v) is 5.91. The van der Waals surface area contributed by atoms with Crippen molar-refractivity contribution in [3.05, 3.63) is 71.6 Å². The third-order valence-electron chi connectivity index (χ3n) is 2.81. The van der Waals surface area contributed by atoms with Crippen molar-refractivity contribution in [1.82, 2.24) is 4.98 Å². The lowest BCUT2D eigenvalue weighted by molar-refractivity contribution is 0.911. The van der Waals surface area contributed by atoms with Crippen LogP contribution in [0.25, 0.3) is 6.08 Å². The summed E-state index contributed by atoms with van der Waals surface area (Å²) < 4.78 is 0. The molecule has 1 unspecified atom stereocenters. The Bertz CT molecular complexity index is 483. The van der Waals surface area contributed by atoms with Crippen molar-refractivity contribution in [3.63, 3.8) is 0 Å². The summed E-state index contributed by atoms with van der Waals surface area (Å²) in [5, 5.41) is 0. The van der Waals surface area contributed by atoms with Crippen LogP contribution in [0.15, 0.2) is 54.7 Å². The lowest BCUT2D eigenvalue weighted by atomic mass is 10.0. The van der Waals surface area contributed by atoms with E-state index >= 15 is 0 Å². The second-order valence-corrected chi connectivity index (χ2v) is 4.31. The fourth-order valence-corrected chi connectivity index (χ4v) is 1.68. The first-order valence-electron chi connectivity index (χ1n) is 5.91. The van der Waals surface area contributed by atoms with Crippen molar-refractivity contribution in [2.75, 3.05) is 0 Å². The SMILES string of the molecule is Cc1ccc(C=CC(C)c2ccccn2)cc1. The number of benzene rings is 1. The number of hydrogen-bond acceptors (Lipinski definition) is 1. The minimum atomic E-state index is 0.345. The Morgan fingerprint density at radius 2 is 1.82 bits per heavy atom. The molecule has 1 nitrogen and oxygen atoms in total. The van der Waals surface area contributed by atoms with E-state index in [1.54, 1.807) is 0 Å². The van der Waals surface area contributed by atoms with E-state index in [-0.39, 0.29) is 0 Å². The van der Waals surface area contributed by atoms with E-state index < -0.39 is 0 Å². The number of allylic oxidation sites excluding steroid dienone is 1. The third kappa shape index (κ3) is 3.28. The molecule has 2 aromatic rings. The molecule has 0 saturated heterocycles. The predicted octanol–water partition coefficient (Wildman–Crippen LogP) is 4.21. The van der Waals surface area contributed by atoms with Crippen molar-refractivity contribution >= 4 is 6.08 Å². The zero-order valence-electron chi connectivity index (χ0n) is 10.3. The maximum absolute atomic E-state index is 4.35. The Morgan fingerprint density at radius 3 is 2.47 bits per heavy atom. The van der Waals surface area contributed by atoms with Crippen LogP contribution >= 0.6 is 0 Å². The standard InChI is InChI=1S/C16H17N/c1-13-6-9-15(10-7-13)11-8-14(2)16-5-3-4-12-17-16/h3-12,14H,1-2H3. The van der Waals surface area contributed by atoms with Crippen LogP contribution in [0, 0.1) is 6.92 Å². The average Bonchev–Trinajstić information content (AvgIpc) is 2.39. The van der Waals surface area contributed by atoms with Gasteiger partial charge < -0.3 is 0 Å². The molecule has 2 rings (SSSR count). The van der Waals surface area contributed by atoms with Crippen LogP contribution in [0.3, 0.4) is 0 Å². The Morgan fingerprint density at radius 1 is 1.06 bits per heavy atom. The number of nitrogens with zero attached hydrogens (tertiary/aromatic N) is 1. The van der Waals surface area contributed by atoms with Gasteiger partial charge in [-0.1, -0.05) is 55.0 Å². The molecule has 1 heterocycles. The Balaban J connectivity index is 2.08. The topological polar surface area (TPSA) is 12.9 Å². The predicted molar refractivity (Wildman–Crippen MR) is 72.9 cm³/mol. The summed E-state index contributed by atoms with van der Waals surface area (Å²) >= 11 is 0. The highest BCUT2D eigenvalue weighted by atomic mass is 14.7. The van der Waals surface area contributed by atoms with Gasteiger partial charge in [-0.05, 0) is 24.6 Å². The van der Waals surface area contributed by atoms with E-state index in [2.05, 4.69) is 61.3 Å². The average molecular weight is 223 g/mol. The highest BCUT2D eigenvalue weighted by Crippen LogP contribution is 2.15. The largest absolute Gasteiger partial charge is 0.261 e. The Hall–Kier alpha value is -1.89. The number of hydrogen-bond donors (Lipinski definition) is 0. The van der Waals surface area contributed by atoms with Crippen LogP contribution < -0.4 is 0 Å². The molecule has 1 atom stereocenters. The fourth-order valence-electron chi connectivity index (χ4n) is 1.68. The maximum Gasteiger partial charge on any atom is 0.0469 e. The molecule has 1 aromatic heterocycles. The smallest absolute Gasteiger partial charge is 0.0469 e. The van der Waals surface area contributed by atoms with Crippen LogP contribution in [-0.2, 0) is 0 Å². The Labute approximate surface area is 103 Å². The summed E-state index contributed by atoms with van der Waals surface area (Å²) in [6, 6.07) is 14.6. The number of rotatable bonds is 3. The zero-order valence-corrected chi connectivity index (χ0v) is 10.3. The second kappa shape index (κ2) is 5.44. The molecule has 1 aromatic carbocycles. The lowest BCUT2D eigenvalue weighted by Gasteiger charge is -2.04. The van der Waals surface area contributed by atoms with Crippen LogP contribution in [0.5, 0.6) is 0 Å². The molecule has 0 bridgehead atoms. The van der Waals surface area contributed by atoms with Crippen molar-refractivity contribution in [2.45, 2.75) is 19.8 Å². The van der Waals surface area contributed by atoms with Crippen molar-refractivity contribution in [3.8, 4) is 0 Å². The molecular formula is C16H17N. The third-order valence-corrected chi connectivity index (χ3v) is 2.81. The molecule has 0 aliphatic heterocycles. The number of aromatic nitrogens is 1. The summed E-state index contributed by atoms with van der Waals surface area (Å²) in [4.78, 5) is 4.35. The van der Waals surface area contributed by atoms with E-state index in [1.165, 1.54) is 11.1 Å². The van der Waals surface area contributed by atoms with Crippen LogP contribution in [-0.4, -0.2) is 4.98 Å². The van der Waals surface area contributed by atoms with Crippen molar-refractivity contribution in [2.24, 2.45) is 0 Å². The van der Waals surface area contributed by atoms with Crippen LogP contribution in [0.2, 0.25) is 0 Å². The van der Waals surface area contributed by atoms with E-state index in [0.717, 1.165) is 5.69 Å². The first-order chi connectivity index (χ1) is 8.25. The summed E-state index contributed by atoms with van der Waals surface area (Å²) in [7, 11) is 0. The zero-order chi connectivity index (χ0) is 12.1. The van der Waals surface area contributed by atoms with Gasteiger partial charge in [0, 0.05) is 17.8 Å². The molecule has 0 spiro atoms. The van der Waals surface area contributed by atoms with E-state index in [4.69, 9.17) is 0 Å². The second-order valence-electron chi connectivity index (χ2n) is 4.31. The molecule has 17 heavy (non-hydrogen) atoms. The van der Waals surface area contributed by atoms with Gasteiger partial charge in [0.05, 0.1) is 0 Å². The van der Waals surface area contributed by atoms with Gasteiger partial charge in [0.15, 0.2) is 0 Å². The number of pyridine rings is 1. The molecule has 0 saturated carbocycles. The van der Waals surface area contributed by atoms with Gasteiger partial charge in [0.2, 0.25) is 0 Å². The molecule has 0 aliphatic carbocycles. The molecule has 0 N–H and O–H groups in total. The van der Waals surface area contributed by atoms with Gasteiger partial charge in [-0.15, -0.1) is 0 Å². The van der Waals surface area contributed by atoms with E-state index in [9.17, 15) is 0 Å². The van der Waals surface area contributed by atoms with Crippen molar-refractivity contribution < 1.29 is 0 Å².